The largest absolute Gasteiger partial charge is 0.492 e. The number of benzene rings is 1. The predicted molar refractivity (Wildman–Crippen MR) is 103 cm³/mol. The Balaban J connectivity index is 2.09. The van der Waals surface area contributed by atoms with Crippen molar-refractivity contribution in [2.75, 3.05) is 13.7 Å². The molecule has 1 aromatic rings. The van der Waals surface area contributed by atoms with Gasteiger partial charge in [-0.15, -0.1) is 0 Å². The van der Waals surface area contributed by atoms with Crippen molar-refractivity contribution in [1.82, 2.24) is 0 Å². The lowest BCUT2D eigenvalue weighted by atomic mass is 9.77. The first kappa shape index (κ1) is 21.3. The zero-order valence-corrected chi connectivity index (χ0v) is 16.6. The van der Waals surface area contributed by atoms with Gasteiger partial charge in [-0.05, 0) is 38.7 Å². The fourth-order valence-corrected chi connectivity index (χ4v) is 2.62. The van der Waals surface area contributed by atoms with E-state index in [2.05, 4.69) is 4.74 Å². The third kappa shape index (κ3) is 5.06. The molecule has 0 saturated carbocycles. The fraction of sp³-hybridized carbons (Fsp3) is 0.500. The van der Waals surface area contributed by atoms with E-state index in [4.69, 9.17) is 9.31 Å². The molecule has 0 aliphatic carbocycles. The summed E-state index contributed by atoms with van der Waals surface area (Å²) in [7, 11) is 0.675. The van der Waals surface area contributed by atoms with Gasteiger partial charge >= 0.3 is 13.1 Å². The zero-order valence-electron chi connectivity index (χ0n) is 16.6. The van der Waals surface area contributed by atoms with Crippen LogP contribution in [0.4, 0.5) is 0 Å². The summed E-state index contributed by atoms with van der Waals surface area (Å²) in [6.07, 6.45) is 1.97. The molecule has 1 aliphatic heterocycles. The highest BCUT2D eigenvalue weighted by Gasteiger charge is 2.52. The van der Waals surface area contributed by atoms with Crippen molar-refractivity contribution in [2.45, 2.75) is 51.7 Å². The van der Waals surface area contributed by atoms with Gasteiger partial charge < -0.3 is 19.2 Å². The van der Waals surface area contributed by atoms with Gasteiger partial charge in [0.05, 0.1) is 31.3 Å². The summed E-state index contributed by atoms with van der Waals surface area (Å²) in [6, 6.07) is 6.97. The lowest BCUT2D eigenvalue weighted by Crippen LogP contribution is -2.41. The van der Waals surface area contributed by atoms with Crippen molar-refractivity contribution in [1.29, 1.82) is 0 Å². The van der Waals surface area contributed by atoms with Gasteiger partial charge in [-0.25, -0.2) is 0 Å². The lowest BCUT2D eigenvalue weighted by molar-refractivity contribution is -0.140. The number of ether oxygens (including phenoxy) is 1. The van der Waals surface area contributed by atoms with E-state index in [-0.39, 0.29) is 25.2 Å². The van der Waals surface area contributed by atoms with E-state index in [1.807, 2.05) is 27.7 Å². The van der Waals surface area contributed by atoms with Gasteiger partial charge in [0.2, 0.25) is 0 Å². The molecular formula is C20H27BO6. The van der Waals surface area contributed by atoms with Crippen LogP contribution in [0.25, 0.3) is 6.08 Å². The third-order valence-electron chi connectivity index (χ3n) is 5.11. The average Bonchev–Trinajstić information content (AvgIpc) is 2.85. The topological polar surface area (TPSA) is 82.1 Å². The molecule has 2 rings (SSSR count). The van der Waals surface area contributed by atoms with E-state index in [1.165, 1.54) is 7.11 Å². The molecular weight excluding hydrogens is 347 g/mol. The monoisotopic (exact) mass is 374 g/mol. The van der Waals surface area contributed by atoms with Crippen LogP contribution < -0.4 is 0 Å². The molecule has 27 heavy (non-hydrogen) atoms. The number of hydrogen-bond acceptors (Lipinski definition) is 6. The lowest BCUT2D eigenvalue weighted by Gasteiger charge is -2.32. The summed E-state index contributed by atoms with van der Waals surface area (Å²) in [6.45, 7) is 7.62. The first-order valence-corrected chi connectivity index (χ1v) is 8.96. The first-order chi connectivity index (χ1) is 12.6. The van der Waals surface area contributed by atoms with Gasteiger partial charge in [0, 0.05) is 12.0 Å². The van der Waals surface area contributed by atoms with Crippen LogP contribution in [0.1, 0.15) is 56.5 Å². The molecule has 1 aliphatic rings. The number of Topliss-reactive ketones (excluding diaryl/α,β-unsaturated/α-hetero) is 1. The van der Waals surface area contributed by atoms with Gasteiger partial charge in [0.25, 0.3) is 0 Å². The van der Waals surface area contributed by atoms with E-state index in [1.54, 1.807) is 30.3 Å². The number of rotatable bonds is 7. The Labute approximate surface area is 160 Å². The molecule has 0 atom stereocenters. The molecule has 0 radical (unpaired) electrons. The molecule has 1 heterocycles. The number of hydrogen-bond donors (Lipinski definition) is 1. The van der Waals surface area contributed by atoms with Crippen LogP contribution >= 0.6 is 0 Å². The number of aliphatic hydroxyl groups is 1. The smallest absolute Gasteiger partial charge is 0.469 e. The summed E-state index contributed by atoms with van der Waals surface area (Å²) in [5.41, 5.74) is 0.984. The van der Waals surface area contributed by atoms with Gasteiger partial charge in [0.1, 0.15) is 0 Å². The number of carbonyl (C=O) groups is 2. The summed E-state index contributed by atoms with van der Waals surface area (Å²) < 4.78 is 16.5. The molecule has 0 unspecified atom stereocenters. The third-order valence-corrected chi connectivity index (χ3v) is 5.11. The Bertz CT molecular complexity index is 704. The van der Waals surface area contributed by atoms with Gasteiger partial charge in [0.15, 0.2) is 5.78 Å². The predicted octanol–water partition coefficient (Wildman–Crippen LogP) is 2.83. The van der Waals surface area contributed by atoms with E-state index in [0.717, 1.165) is 5.56 Å². The van der Waals surface area contributed by atoms with Crippen LogP contribution in [0, 0.1) is 0 Å². The zero-order chi connectivity index (χ0) is 20.2. The van der Waals surface area contributed by atoms with Crippen LogP contribution in [0.3, 0.4) is 0 Å². The minimum Gasteiger partial charge on any atom is -0.469 e. The number of methoxy groups -OCH3 is 1. The second-order valence-electron chi connectivity index (χ2n) is 7.59. The number of carbonyl (C=O) groups excluding carboxylic acids is 2. The summed E-state index contributed by atoms with van der Waals surface area (Å²) in [5, 5.41) is 9.75. The maximum atomic E-state index is 12.1. The maximum Gasteiger partial charge on any atom is 0.492 e. The molecule has 1 N–H and O–H groups in total. The molecule has 1 aromatic carbocycles. The normalized spacial score (nSPS) is 18.4. The highest BCUT2D eigenvalue weighted by Crippen LogP contribution is 2.38. The van der Waals surface area contributed by atoms with Gasteiger partial charge in [-0.3, -0.25) is 9.59 Å². The minimum atomic E-state index is -0.624. The fourth-order valence-electron chi connectivity index (χ4n) is 2.62. The van der Waals surface area contributed by atoms with Crippen molar-refractivity contribution in [3.8, 4) is 0 Å². The van der Waals surface area contributed by atoms with E-state index < -0.39 is 24.3 Å². The van der Waals surface area contributed by atoms with Crippen molar-refractivity contribution < 1.29 is 28.7 Å². The second-order valence-corrected chi connectivity index (χ2v) is 7.59. The average molecular weight is 374 g/mol. The number of esters is 1. The van der Waals surface area contributed by atoms with E-state index in [0.29, 0.717) is 11.0 Å². The van der Waals surface area contributed by atoms with E-state index >= 15 is 0 Å². The Kier molecular flexibility index (Phi) is 6.62. The molecule has 6 nitrogen and oxygen atoms in total. The van der Waals surface area contributed by atoms with Crippen LogP contribution in [-0.4, -0.2) is 48.9 Å². The number of aliphatic hydroxyl groups excluding tert-OH is 1. The molecule has 0 aromatic heterocycles. The van der Waals surface area contributed by atoms with Crippen LogP contribution in [0.5, 0.6) is 0 Å². The van der Waals surface area contributed by atoms with Crippen molar-refractivity contribution in [2.24, 2.45) is 0 Å². The Morgan fingerprint density at radius 2 is 1.63 bits per heavy atom. The van der Waals surface area contributed by atoms with Gasteiger partial charge in [-0.2, -0.15) is 0 Å². The molecule has 0 spiro atoms. The van der Waals surface area contributed by atoms with Crippen LogP contribution in [0.2, 0.25) is 0 Å². The van der Waals surface area contributed by atoms with Crippen molar-refractivity contribution in [3.63, 3.8) is 0 Å². The Hall–Kier alpha value is -1.96. The summed E-state index contributed by atoms with van der Waals surface area (Å²) in [5.74, 6) is -0.526. The maximum absolute atomic E-state index is 12.1. The van der Waals surface area contributed by atoms with Crippen molar-refractivity contribution >= 4 is 24.9 Å². The quantitative estimate of drug-likeness (QED) is 0.449. The highest BCUT2D eigenvalue weighted by atomic mass is 16.7. The molecule has 146 valence electrons. The van der Waals surface area contributed by atoms with Gasteiger partial charge in [-0.1, -0.05) is 30.3 Å². The summed E-state index contributed by atoms with van der Waals surface area (Å²) in [4.78, 5) is 23.2. The Morgan fingerprint density at radius 3 is 2.11 bits per heavy atom. The van der Waals surface area contributed by atoms with E-state index in [9.17, 15) is 14.7 Å². The molecule has 1 saturated heterocycles. The minimum absolute atomic E-state index is 0.0631. The Morgan fingerprint density at radius 1 is 1.07 bits per heavy atom. The number of ketones is 1. The molecule has 7 heteroatoms. The molecule has 0 bridgehead atoms. The molecule has 1 fully saturated rings. The standard InChI is InChI=1S/C20H27BO6/c1-19(2)20(3,4)27-21(26-19)16(13-22)12-14-6-8-15(9-7-14)17(23)10-11-18(24)25-5/h6-9,12,22H,10-11,13H2,1-5H3. The second kappa shape index (κ2) is 8.38. The summed E-state index contributed by atoms with van der Waals surface area (Å²) >= 11 is 0. The van der Waals surface area contributed by atoms with Crippen LogP contribution in [0.15, 0.2) is 29.7 Å². The van der Waals surface area contributed by atoms with Crippen molar-refractivity contribution in [3.05, 3.63) is 40.9 Å². The molecule has 0 amide bonds. The van der Waals surface area contributed by atoms with Crippen LogP contribution in [-0.2, 0) is 18.8 Å². The first-order valence-electron chi connectivity index (χ1n) is 8.96. The highest BCUT2D eigenvalue weighted by molar-refractivity contribution is 6.55. The SMILES string of the molecule is COC(=O)CCC(=O)c1ccc(C=C(CO)B2OC(C)(C)C(C)(C)O2)cc1.